The standard InChI is InChI=1S/C12H19N3O2/c16-11-4-3-10(14-11)12(17)15-6-5-8-1-2-9(7-15)13-8/h8-10,13H,1-7H2,(H,14,16). The maximum Gasteiger partial charge on any atom is 0.245 e. The predicted octanol–water partition coefficient (Wildman–Crippen LogP) is -0.382. The second kappa shape index (κ2) is 4.29. The Morgan fingerprint density at radius 1 is 1.18 bits per heavy atom. The van der Waals surface area contributed by atoms with Crippen LogP contribution in [0.15, 0.2) is 0 Å². The second-order valence-electron chi connectivity index (χ2n) is 5.37. The van der Waals surface area contributed by atoms with E-state index in [0.29, 0.717) is 24.9 Å². The zero-order valence-corrected chi connectivity index (χ0v) is 9.95. The molecule has 3 unspecified atom stereocenters. The van der Waals surface area contributed by atoms with Crippen LogP contribution >= 0.6 is 0 Å². The zero-order chi connectivity index (χ0) is 11.8. The average molecular weight is 237 g/mol. The molecule has 5 heteroatoms. The van der Waals surface area contributed by atoms with Gasteiger partial charge in [0.25, 0.3) is 0 Å². The Morgan fingerprint density at radius 2 is 2.00 bits per heavy atom. The first-order chi connectivity index (χ1) is 8.22. The lowest BCUT2D eigenvalue weighted by Gasteiger charge is -2.26. The number of carbonyl (C=O) groups excluding carboxylic acids is 2. The van der Waals surface area contributed by atoms with Gasteiger partial charge in [0, 0.05) is 31.6 Å². The van der Waals surface area contributed by atoms with E-state index in [-0.39, 0.29) is 17.9 Å². The van der Waals surface area contributed by atoms with Crippen molar-refractivity contribution >= 4 is 11.8 Å². The summed E-state index contributed by atoms with van der Waals surface area (Å²) >= 11 is 0. The monoisotopic (exact) mass is 237 g/mol. The number of hydrogen-bond acceptors (Lipinski definition) is 3. The molecule has 94 valence electrons. The molecule has 2 N–H and O–H groups in total. The summed E-state index contributed by atoms with van der Waals surface area (Å²) in [6.45, 7) is 1.64. The minimum atomic E-state index is -0.265. The van der Waals surface area contributed by atoms with Gasteiger partial charge in [-0.25, -0.2) is 0 Å². The van der Waals surface area contributed by atoms with Crippen LogP contribution in [0.1, 0.15) is 32.1 Å². The highest BCUT2D eigenvalue weighted by atomic mass is 16.2. The minimum absolute atomic E-state index is 0.0119. The summed E-state index contributed by atoms with van der Waals surface area (Å²) in [6, 6.07) is 0.790. The Bertz CT molecular complexity index is 345. The molecule has 0 aromatic carbocycles. The molecule has 2 bridgehead atoms. The van der Waals surface area contributed by atoms with Gasteiger partial charge in [-0.3, -0.25) is 9.59 Å². The first kappa shape index (κ1) is 11.0. The normalized spacial score (nSPS) is 36.8. The van der Waals surface area contributed by atoms with Gasteiger partial charge in [-0.15, -0.1) is 0 Å². The maximum absolute atomic E-state index is 12.3. The van der Waals surface area contributed by atoms with Gasteiger partial charge in [-0.05, 0) is 25.7 Å². The van der Waals surface area contributed by atoms with Gasteiger partial charge in [0.15, 0.2) is 0 Å². The van der Waals surface area contributed by atoms with Gasteiger partial charge in [0.1, 0.15) is 6.04 Å². The van der Waals surface area contributed by atoms with E-state index in [1.165, 1.54) is 12.8 Å². The van der Waals surface area contributed by atoms with Crippen LogP contribution in [0.4, 0.5) is 0 Å². The molecule has 0 aromatic rings. The zero-order valence-electron chi connectivity index (χ0n) is 9.95. The Kier molecular flexibility index (Phi) is 2.78. The summed E-state index contributed by atoms with van der Waals surface area (Å²) in [5.74, 6) is 0.128. The molecule has 2 amide bonds. The van der Waals surface area contributed by atoms with E-state index in [1.807, 2.05) is 4.90 Å². The van der Waals surface area contributed by atoms with Gasteiger partial charge in [0.2, 0.25) is 11.8 Å². The molecule has 0 aliphatic carbocycles. The number of fused-ring (bicyclic) bond motifs is 2. The first-order valence-electron chi connectivity index (χ1n) is 6.56. The minimum Gasteiger partial charge on any atom is -0.344 e. The van der Waals surface area contributed by atoms with Gasteiger partial charge in [0.05, 0.1) is 0 Å². The smallest absolute Gasteiger partial charge is 0.245 e. The van der Waals surface area contributed by atoms with Crippen molar-refractivity contribution in [3.05, 3.63) is 0 Å². The molecule has 3 fully saturated rings. The molecule has 17 heavy (non-hydrogen) atoms. The van der Waals surface area contributed by atoms with Gasteiger partial charge < -0.3 is 15.5 Å². The molecule has 3 heterocycles. The van der Waals surface area contributed by atoms with Crippen molar-refractivity contribution in [3.63, 3.8) is 0 Å². The van der Waals surface area contributed by atoms with E-state index >= 15 is 0 Å². The fraction of sp³-hybridized carbons (Fsp3) is 0.833. The van der Waals surface area contributed by atoms with E-state index in [0.717, 1.165) is 19.5 Å². The maximum atomic E-state index is 12.3. The Morgan fingerprint density at radius 3 is 2.76 bits per heavy atom. The molecule has 0 spiro atoms. The lowest BCUT2D eigenvalue weighted by Crippen LogP contribution is -2.47. The Hall–Kier alpha value is -1.10. The van der Waals surface area contributed by atoms with E-state index in [1.54, 1.807) is 0 Å². The predicted molar refractivity (Wildman–Crippen MR) is 62.3 cm³/mol. The number of nitrogens with zero attached hydrogens (tertiary/aromatic N) is 1. The highest BCUT2D eigenvalue weighted by molar-refractivity contribution is 5.90. The molecule has 5 nitrogen and oxygen atoms in total. The quantitative estimate of drug-likeness (QED) is 0.653. The molecule has 0 aromatic heterocycles. The summed E-state index contributed by atoms with van der Waals surface area (Å²) in [4.78, 5) is 25.3. The number of amides is 2. The third-order valence-corrected chi connectivity index (χ3v) is 4.13. The molecule has 3 atom stereocenters. The molecule has 3 aliphatic rings. The number of hydrogen-bond donors (Lipinski definition) is 2. The van der Waals surface area contributed by atoms with Crippen LogP contribution in [-0.2, 0) is 9.59 Å². The van der Waals surface area contributed by atoms with Crippen molar-refractivity contribution in [2.45, 2.75) is 50.2 Å². The highest BCUT2D eigenvalue weighted by Gasteiger charge is 2.35. The summed E-state index contributed by atoms with van der Waals surface area (Å²) in [5, 5.41) is 6.32. The molecule has 3 aliphatic heterocycles. The van der Waals surface area contributed by atoms with E-state index in [9.17, 15) is 9.59 Å². The number of likely N-dealkylation sites (tertiary alicyclic amines) is 1. The van der Waals surface area contributed by atoms with Crippen molar-refractivity contribution in [1.29, 1.82) is 0 Å². The van der Waals surface area contributed by atoms with Crippen LogP contribution in [-0.4, -0.2) is 47.9 Å². The highest BCUT2D eigenvalue weighted by Crippen LogP contribution is 2.21. The van der Waals surface area contributed by atoms with Crippen molar-refractivity contribution in [2.75, 3.05) is 13.1 Å². The van der Waals surface area contributed by atoms with Crippen LogP contribution in [0.3, 0.4) is 0 Å². The molecular weight excluding hydrogens is 218 g/mol. The molecule has 3 rings (SSSR count). The molecule has 0 saturated carbocycles. The van der Waals surface area contributed by atoms with E-state index < -0.39 is 0 Å². The summed E-state index contributed by atoms with van der Waals surface area (Å²) in [5.41, 5.74) is 0. The van der Waals surface area contributed by atoms with E-state index in [4.69, 9.17) is 0 Å². The lowest BCUT2D eigenvalue weighted by molar-refractivity contribution is -0.134. The Balaban J connectivity index is 1.63. The van der Waals surface area contributed by atoms with Crippen LogP contribution in [0, 0.1) is 0 Å². The largest absolute Gasteiger partial charge is 0.344 e. The SMILES string of the molecule is O=C1CCC(C(=O)N2CCC3CCC(C2)N3)N1. The molecular formula is C12H19N3O2. The van der Waals surface area contributed by atoms with Crippen molar-refractivity contribution < 1.29 is 9.59 Å². The summed E-state index contributed by atoms with van der Waals surface area (Å²) in [6.07, 6.45) is 4.62. The summed E-state index contributed by atoms with van der Waals surface area (Å²) < 4.78 is 0. The van der Waals surface area contributed by atoms with Crippen molar-refractivity contribution in [2.24, 2.45) is 0 Å². The first-order valence-corrected chi connectivity index (χ1v) is 6.56. The third kappa shape index (κ3) is 2.16. The number of rotatable bonds is 1. The van der Waals surface area contributed by atoms with Gasteiger partial charge in [-0.2, -0.15) is 0 Å². The van der Waals surface area contributed by atoms with Crippen LogP contribution in [0.2, 0.25) is 0 Å². The van der Waals surface area contributed by atoms with Crippen LogP contribution in [0.5, 0.6) is 0 Å². The van der Waals surface area contributed by atoms with E-state index in [2.05, 4.69) is 10.6 Å². The number of nitrogens with one attached hydrogen (secondary N) is 2. The molecule has 3 saturated heterocycles. The fourth-order valence-corrected chi connectivity index (χ4v) is 3.16. The average Bonchev–Trinajstić information content (AvgIpc) is 2.84. The second-order valence-corrected chi connectivity index (χ2v) is 5.37. The summed E-state index contributed by atoms with van der Waals surface area (Å²) in [7, 11) is 0. The van der Waals surface area contributed by atoms with Crippen molar-refractivity contribution in [1.82, 2.24) is 15.5 Å². The topological polar surface area (TPSA) is 61.4 Å². The Labute approximate surface area is 101 Å². The van der Waals surface area contributed by atoms with Crippen molar-refractivity contribution in [3.8, 4) is 0 Å². The van der Waals surface area contributed by atoms with Gasteiger partial charge >= 0.3 is 0 Å². The lowest BCUT2D eigenvalue weighted by atomic mass is 10.1. The van der Waals surface area contributed by atoms with Gasteiger partial charge in [-0.1, -0.05) is 0 Å². The van der Waals surface area contributed by atoms with Crippen LogP contribution < -0.4 is 10.6 Å². The molecule has 0 radical (unpaired) electrons. The number of carbonyl (C=O) groups is 2. The van der Waals surface area contributed by atoms with Crippen LogP contribution in [0.25, 0.3) is 0 Å². The third-order valence-electron chi connectivity index (χ3n) is 4.13. The fourth-order valence-electron chi connectivity index (χ4n) is 3.16.